The van der Waals surface area contributed by atoms with Crippen LogP contribution in [0, 0.1) is 0 Å². The Bertz CT molecular complexity index is 1090. The maximum absolute atomic E-state index is 12.5. The number of benzene rings is 1. The number of alkyl halides is 3. The maximum atomic E-state index is 12.5. The van der Waals surface area contributed by atoms with Crippen LogP contribution in [-0.2, 0) is 24.9 Å². The first kappa shape index (κ1) is 22.2. The minimum Gasteiger partial charge on any atom is -0.406 e. The Kier molecular flexibility index (Phi) is 5.90. The molecule has 0 saturated carbocycles. The van der Waals surface area contributed by atoms with Crippen molar-refractivity contribution in [1.29, 1.82) is 0 Å². The lowest BCUT2D eigenvalue weighted by atomic mass is 9.95. The van der Waals surface area contributed by atoms with Crippen LogP contribution in [0.15, 0.2) is 48.8 Å². The first-order chi connectivity index (χ1) is 15.1. The fourth-order valence-corrected chi connectivity index (χ4v) is 3.67. The van der Waals surface area contributed by atoms with Gasteiger partial charge in [0.2, 0.25) is 0 Å². The van der Waals surface area contributed by atoms with Crippen molar-refractivity contribution in [3.05, 3.63) is 71.4 Å². The molecule has 0 unspecified atom stereocenters. The van der Waals surface area contributed by atoms with Crippen LogP contribution in [-0.4, -0.2) is 32.8 Å². The number of nitrogens with zero attached hydrogens (tertiary/aromatic N) is 4. The topological polar surface area (TPSA) is 51.1 Å². The number of hydrogen-bond acceptors (Lipinski definition) is 5. The lowest BCUT2D eigenvalue weighted by Crippen LogP contribution is -2.32. The highest BCUT2D eigenvalue weighted by Crippen LogP contribution is 2.28. The van der Waals surface area contributed by atoms with Crippen LogP contribution < -0.4 is 4.74 Å². The highest BCUT2D eigenvalue weighted by Gasteiger charge is 2.31. The van der Waals surface area contributed by atoms with E-state index in [1.165, 1.54) is 18.2 Å². The number of hydrogen-bond donors (Lipinski definition) is 0. The van der Waals surface area contributed by atoms with E-state index < -0.39 is 6.36 Å². The molecule has 0 atom stereocenters. The van der Waals surface area contributed by atoms with E-state index in [1.807, 2.05) is 18.3 Å². The molecule has 1 aliphatic heterocycles. The summed E-state index contributed by atoms with van der Waals surface area (Å²) in [6, 6.07) is 9.60. The fraction of sp³-hybridized carbons (Fsp3) is 0.375. The number of ether oxygens (including phenoxy) is 1. The molecule has 0 bridgehead atoms. The third kappa shape index (κ3) is 5.43. The van der Waals surface area contributed by atoms with Crippen LogP contribution in [0.1, 0.15) is 43.4 Å². The van der Waals surface area contributed by atoms with Gasteiger partial charge in [0.05, 0.1) is 5.69 Å². The summed E-state index contributed by atoms with van der Waals surface area (Å²) in [6.07, 6.45) is -0.144. The number of halogens is 3. The Morgan fingerprint density at radius 3 is 2.53 bits per heavy atom. The lowest BCUT2D eigenvalue weighted by molar-refractivity contribution is -0.274. The summed E-state index contributed by atoms with van der Waals surface area (Å²) < 4.78 is 41.4. The normalized spacial score (nSPS) is 14.8. The minimum atomic E-state index is -4.72. The molecule has 3 heterocycles. The second-order valence-electron chi connectivity index (χ2n) is 9.00. The highest BCUT2D eigenvalue weighted by atomic mass is 19.4. The van der Waals surface area contributed by atoms with Crippen molar-refractivity contribution in [2.75, 3.05) is 6.54 Å². The number of aromatic nitrogens is 3. The molecular weight excluding hydrogens is 417 g/mol. The molecule has 32 heavy (non-hydrogen) atoms. The molecule has 4 rings (SSSR count). The molecule has 168 valence electrons. The molecule has 0 fully saturated rings. The Labute approximate surface area is 185 Å². The van der Waals surface area contributed by atoms with Crippen molar-refractivity contribution in [3.8, 4) is 17.0 Å². The van der Waals surface area contributed by atoms with Gasteiger partial charge in [-0.15, -0.1) is 13.2 Å². The van der Waals surface area contributed by atoms with E-state index in [4.69, 9.17) is 4.98 Å². The van der Waals surface area contributed by atoms with E-state index in [2.05, 4.69) is 40.4 Å². The van der Waals surface area contributed by atoms with Gasteiger partial charge in [-0.05, 0) is 23.8 Å². The number of rotatable bonds is 4. The van der Waals surface area contributed by atoms with E-state index in [1.54, 1.807) is 12.3 Å². The molecule has 1 aliphatic rings. The summed E-state index contributed by atoms with van der Waals surface area (Å²) in [5.41, 5.74) is 4.39. The molecule has 0 saturated heterocycles. The van der Waals surface area contributed by atoms with Gasteiger partial charge in [-0.2, -0.15) is 0 Å². The van der Waals surface area contributed by atoms with Gasteiger partial charge < -0.3 is 4.74 Å². The maximum Gasteiger partial charge on any atom is 0.573 e. The van der Waals surface area contributed by atoms with Crippen molar-refractivity contribution in [2.24, 2.45) is 0 Å². The predicted molar refractivity (Wildman–Crippen MR) is 115 cm³/mol. The monoisotopic (exact) mass is 442 g/mol. The zero-order valence-electron chi connectivity index (χ0n) is 18.3. The summed E-state index contributed by atoms with van der Waals surface area (Å²) in [4.78, 5) is 16.1. The number of fused-ring (bicyclic) bond motifs is 1. The molecule has 3 aromatic rings. The highest BCUT2D eigenvalue weighted by molar-refractivity contribution is 5.61. The van der Waals surface area contributed by atoms with Crippen LogP contribution in [0.3, 0.4) is 0 Å². The van der Waals surface area contributed by atoms with E-state index in [9.17, 15) is 13.2 Å². The quantitative estimate of drug-likeness (QED) is 0.549. The molecule has 0 radical (unpaired) electrons. The molecule has 0 amide bonds. The van der Waals surface area contributed by atoms with Gasteiger partial charge in [0.1, 0.15) is 11.6 Å². The van der Waals surface area contributed by atoms with Crippen molar-refractivity contribution >= 4 is 0 Å². The minimum absolute atomic E-state index is 0.0715. The first-order valence-electron chi connectivity index (χ1n) is 10.5. The SMILES string of the molecule is CC(C)(C)c1ncc2c(n1)CCN(Cc1ccc(-c3cccc(OC(F)(F)F)c3)nc1)C2. The van der Waals surface area contributed by atoms with Crippen molar-refractivity contribution in [3.63, 3.8) is 0 Å². The van der Waals surface area contributed by atoms with Gasteiger partial charge in [0, 0.05) is 60.7 Å². The molecule has 0 N–H and O–H groups in total. The summed E-state index contributed by atoms with van der Waals surface area (Å²) in [6.45, 7) is 8.73. The molecule has 0 aliphatic carbocycles. The van der Waals surface area contributed by atoms with Gasteiger partial charge >= 0.3 is 6.36 Å². The van der Waals surface area contributed by atoms with Gasteiger partial charge in [0.15, 0.2) is 0 Å². The largest absolute Gasteiger partial charge is 0.573 e. The van der Waals surface area contributed by atoms with Crippen molar-refractivity contribution in [1.82, 2.24) is 19.9 Å². The smallest absolute Gasteiger partial charge is 0.406 e. The number of pyridine rings is 1. The van der Waals surface area contributed by atoms with Crippen LogP contribution in [0.5, 0.6) is 5.75 Å². The molecular formula is C24H25F3N4O. The Morgan fingerprint density at radius 2 is 1.84 bits per heavy atom. The molecule has 8 heteroatoms. The third-order valence-corrected chi connectivity index (χ3v) is 5.28. The second-order valence-corrected chi connectivity index (χ2v) is 9.00. The predicted octanol–water partition coefficient (Wildman–Crippen LogP) is 5.29. The summed E-state index contributed by atoms with van der Waals surface area (Å²) in [5.74, 6) is 0.610. The Balaban J connectivity index is 1.42. The van der Waals surface area contributed by atoms with Crippen LogP contribution in [0.4, 0.5) is 13.2 Å². The van der Waals surface area contributed by atoms with E-state index in [0.717, 1.165) is 48.7 Å². The van der Waals surface area contributed by atoms with Gasteiger partial charge in [0.25, 0.3) is 0 Å². The average molecular weight is 442 g/mol. The van der Waals surface area contributed by atoms with Crippen LogP contribution in [0.25, 0.3) is 11.3 Å². The zero-order valence-corrected chi connectivity index (χ0v) is 18.3. The first-order valence-corrected chi connectivity index (χ1v) is 10.5. The zero-order chi connectivity index (χ0) is 22.9. The van der Waals surface area contributed by atoms with Gasteiger partial charge in [-0.3, -0.25) is 9.88 Å². The second kappa shape index (κ2) is 8.50. The summed E-state index contributed by atoms with van der Waals surface area (Å²) >= 11 is 0. The van der Waals surface area contributed by atoms with Crippen LogP contribution >= 0.6 is 0 Å². The van der Waals surface area contributed by atoms with Gasteiger partial charge in [-0.1, -0.05) is 39.0 Å². The Morgan fingerprint density at radius 1 is 1.03 bits per heavy atom. The third-order valence-electron chi connectivity index (χ3n) is 5.28. The molecule has 5 nitrogen and oxygen atoms in total. The molecule has 1 aromatic carbocycles. The Hall–Kier alpha value is -3.00. The standard InChI is InChI=1S/C24H25F3N4O/c1-23(2,3)22-29-13-18-15-31(10-9-21(18)30-22)14-16-7-8-20(28-12-16)17-5-4-6-19(11-17)32-24(25,26)27/h4-8,11-13H,9-10,14-15H2,1-3H3. The summed E-state index contributed by atoms with van der Waals surface area (Å²) in [7, 11) is 0. The fourth-order valence-electron chi connectivity index (χ4n) is 3.67. The van der Waals surface area contributed by atoms with Crippen molar-refractivity contribution in [2.45, 2.75) is 52.1 Å². The summed E-state index contributed by atoms with van der Waals surface area (Å²) in [5, 5.41) is 0. The molecule has 0 spiro atoms. The van der Waals surface area contributed by atoms with E-state index in [-0.39, 0.29) is 11.2 Å². The van der Waals surface area contributed by atoms with E-state index in [0.29, 0.717) is 11.3 Å². The lowest BCUT2D eigenvalue weighted by Gasteiger charge is -2.29. The van der Waals surface area contributed by atoms with Crippen molar-refractivity contribution < 1.29 is 17.9 Å². The van der Waals surface area contributed by atoms with Crippen LogP contribution in [0.2, 0.25) is 0 Å². The van der Waals surface area contributed by atoms with Gasteiger partial charge in [-0.25, -0.2) is 9.97 Å². The molecule has 2 aromatic heterocycles. The average Bonchev–Trinajstić information content (AvgIpc) is 2.72. The van der Waals surface area contributed by atoms with E-state index >= 15 is 0 Å².